The second-order valence-corrected chi connectivity index (χ2v) is 12.1. The molecule has 10 nitrogen and oxygen atoms in total. The lowest BCUT2D eigenvalue weighted by atomic mass is 9.85. The van der Waals surface area contributed by atoms with Gasteiger partial charge in [0.25, 0.3) is 12.4 Å². The van der Waals surface area contributed by atoms with Crippen LogP contribution in [0.2, 0.25) is 0 Å². The fraction of sp³-hybridized carbons (Fsp3) is 0.421. The molecule has 10 heteroatoms. The molecule has 4 rings (SSSR count). The summed E-state index contributed by atoms with van der Waals surface area (Å²) in [5, 5.41) is 2.73. The first kappa shape index (κ1) is 39.8. The van der Waals surface area contributed by atoms with Crippen LogP contribution in [0, 0.1) is 5.41 Å². The standard InChI is InChI=1S/C35H45N5O4.C2H6.CH2O.2H2/c1-6-14-37-32(24(2)43-5)20-33-29(21-35(3,4)22-44-23-41)28-19-27(12-13-31(28)39-33)26-11-9-10-25(17-26)18-30(36)34(42)40-16-8-7-15-38-40;2*1-2;;/h6,9-14,17,19-20,23-24,30,38-39H,1,7-8,15-16,18,21-22,36H2,2-5H3;1-2H3;1H2;2*1H/b32-20+,37-14?;;;;/t24-,30-;;;;/m0..../s1. The number of hydrogen-bond donors (Lipinski definition) is 3. The highest BCUT2D eigenvalue weighted by Gasteiger charge is 2.25. The number of fused-ring (bicyclic) bond motifs is 1. The average molecular weight is 664 g/mol. The summed E-state index contributed by atoms with van der Waals surface area (Å²) in [5.74, 6) is -0.0742. The molecule has 1 amide bonds. The van der Waals surface area contributed by atoms with Gasteiger partial charge in [-0.15, -0.1) is 0 Å². The van der Waals surface area contributed by atoms with Crippen LogP contribution in [0.4, 0.5) is 0 Å². The fourth-order valence-electron chi connectivity index (χ4n) is 5.51. The number of nitrogens with two attached hydrogens (primary N) is 1. The van der Waals surface area contributed by atoms with Crippen molar-refractivity contribution < 1.29 is 26.7 Å². The molecule has 0 spiro atoms. The summed E-state index contributed by atoms with van der Waals surface area (Å²) in [6.45, 7) is 18.1. The predicted octanol–water partition coefficient (Wildman–Crippen LogP) is 6.54. The lowest BCUT2D eigenvalue weighted by Gasteiger charge is -2.29. The van der Waals surface area contributed by atoms with Gasteiger partial charge in [0.05, 0.1) is 24.4 Å². The number of carbonyl (C=O) groups excluding carboxylic acids is 3. The number of hydrazine groups is 1. The first-order valence-corrected chi connectivity index (χ1v) is 16.4. The molecule has 1 fully saturated rings. The third-order valence-corrected chi connectivity index (χ3v) is 7.94. The first-order chi connectivity index (χ1) is 23.2. The first-order valence-electron chi connectivity index (χ1n) is 16.4. The van der Waals surface area contributed by atoms with Crippen LogP contribution >= 0.6 is 0 Å². The smallest absolute Gasteiger partial charge is 0.293 e. The Labute approximate surface area is 288 Å². The number of ether oxygens (including phenoxy) is 2. The molecule has 2 atom stereocenters. The van der Waals surface area contributed by atoms with E-state index in [1.54, 1.807) is 24.4 Å². The van der Waals surface area contributed by atoms with Gasteiger partial charge < -0.3 is 25.0 Å². The van der Waals surface area contributed by atoms with E-state index >= 15 is 0 Å². The largest absolute Gasteiger partial charge is 0.467 e. The van der Waals surface area contributed by atoms with E-state index in [-0.39, 0.29) is 26.9 Å². The molecule has 3 aromatic rings. The van der Waals surface area contributed by atoms with Gasteiger partial charge >= 0.3 is 0 Å². The maximum atomic E-state index is 12.9. The molecule has 1 aliphatic rings. The molecule has 48 heavy (non-hydrogen) atoms. The van der Waals surface area contributed by atoms with Gasteiger partial charge in [-0.05, 0) is 73.1 Å². The van der Waals surface area contributed by atoms with Crippen molar-refractivity contribution in [3.05, 3.63) is 77.6 Å². The van der Waals surface area contributed by atoms with Crippen LogP contribution in [0.1, 0.15) is 67.1 Å². The van der Waals surface area contributed by atoms with E-state index in [0.29, 0.717) is 25.9 Å². The minimum Gasteiger partial charge on any atom is -0.467 e. The van der Waals surface area contributed by atoms with E-state index in [1.807, 2.05) is 45.8 Å². The third kappa shape index (κ3) is 11.1. The highest BCUT2D eigenvalue weighted by atomic mass is 16.5. The lowest BCUT2D eigenvalue weighted by Crippen LogP contribution is -2.53. The zero-order valence-electron chi connectivity index (χ0n) is 29.4. The number of hydrogen-bond acceptors (Lipinski definition) is 8. The summed E-state index contributed by atoms with van der Waals surface area (Å²) < 4.78 is 10.8. The van der Waals surface area contributed by atoms with Crippen molar-refractivity contribution in [3.63, 3.8) is 0 Å². The molecule has 0 saturated carbocycles. The summed E-state index contributed by atoms with van der Waals surface area (Å²) in [4.78, 5) is 40.0. The van der Waals surface area contributed by atoms with Crippen LogP contribution in [-0.2, 0) is 36.7 Å². The topological polar surface area (TPSA) is 139 Å². The Kier molecular flexibility index (Phi) is 16.7. The van der Waals surface area contributed by atoms with Gasteiger partial charge in [0, 0.05) is 51.3 Å². The van der Waals surface area contributed by atoms with E-state index in [2.05, 4.69) is 66.2 Å². The van der Waals surface area contributed by atoms with Gasteiger partial charge in [0.15, 0.2) is 0 Å². The number of aromatic nitrogens is 1. The monoisotopic (exact) mass is 663 g/mol. The number of amides is 1. The van der Waals surface area contributed by atoms with Gasteiger partial charge in [0.1, 0.15) is 6.79 Å². The second kappa shape index (κ2) is 20.1. The van der Waals surface area contributed by atoms with Crippen molar-refractivity contribution in [3.8, 4) is 11.1 Å². The lowest BCUT2D eigenvalue weighted by molar-refractivity contribution is -0.137. The number of carbonyl (C=O) groups is 3. The summed E-state index contributed by atoms with van der Waals surface area (Å²) in [6, 6.07) is 13.9. The number of rotatable bonds is 14. The Balaban J connectivity index is 0.00000386. The Bertz CT molecular complexity index is 1550. The zero-order chi connectivity index (χ0) is 35.7. The molecule has 264 valence electrons. The molecule has 4 N–H and O–H groups in total. The Hall–Kier alpha value is -4.38. The van der Waals surface area contributed by atoms with Gasteiger partial charge in [-0.25, -0.2) is 5.43 Å². The van der Waals surface area contributed by atoms with E-state index in [9.17, 15) is 9.59 Å². The Morgan fingerprint density at radius 1 is 1.17 bits per heavy atom. The average Bonchev–Trinajstić information content (AvgIpc) is 3.45. The van der Waals surface area contributed by atoms with Crippen molar-refractivity contribution in [1.29, 1.82) is 0 Å². The maximum Gasteiger partial charge on any atom is 0.293 e. The van der Waals surface area contributed by atoms with Crippen molar-refractivity contribution in [1.82, 2.24) is 15.4 Å². The van der Waals surface area contributed by atoms with Gasteiger partial charge in [-0.1, -0.05) is 70.7 Å². The number of aliphatic imine (C=N–C) groups is 1. The van der Waals surface area contributed by atoms with E-state index in [1.165, 1.54) is 0 Å². The van der Waals surface area contributed by atoms with Crippen LogP contribution in [-0.4, -0.2) is 74.3 Å². The minimum atomic E-state index is -0.618. The molecule has 0 unspecified atom stereocenters. The molecule has 1 aromatic heterocycles. The Morgan fingerprint density at radius 3 is 2.54 bits per heavy atom. The van der Waals surface area contributed by atoms with Crippen LogP contribution in [0.25, 0.3) is 28.1 Å². The van der Waals surface area contributed by atoms with Crippen molar-refractivity contribution >= 4 is 42.4 Å². The summed E-state index contributed by atoms with van der Waals surface area (Å²) in [5.41, 5.74) is 16.0. The molecule has 1 saturated heterocycles. The molecular weight excluding hydrogens is 606 g/mol. The molecule has 2 aromatic carbocycles. The summed E-state index contributed by atoms with van der Waals surface area (Å²) in [7, 11) is 1.65. The van der Waals surface area contributed by atoms with Crippen LogP contribution in [0.15, 0.2) is 65.8 Å². The van der Waals surface area contributed by atoms with Gasteiger partial charge in [-0.3, -0.25) is 19.6 Å². The number of methoxy groups -OCH3 is 1. The van der Waals surface area contributed by atoms with Crippen LogP contribution in [0.5, 0.6) is 0 Å². The van der Waals surface area contributed by atoms with Gasteiger partial charge in [-0.2, -0.15) is 0 Å². The highest BCUT2D eigenvalue weighted by Crippen LogP contribution is 2.34. The normalized spacial score (nSPS) is 14.7. The van der Waals surface area contributed by atoms with Gasteiger partial charge in [0.2, 0.25) is 0 Å². The molecule has 2 heterocycles. The summed E-state index contributed by atoms with van der Waals surface area (Å²) in [6.07, 6.45) is 8.21. The molecular formula is C38H57N5O5. The number of benzene rings is 2. The fourth-order valence-corrected chi connectivity index (χ4v) is 5.51. The number of aromatic amines is 1. The van der Waals surface area contributed by atoms with Crippen molar-refractivity contribution in [2.45, 2.75) is 72.4 Å². The second-order valence-electron chi connectivity index (χ2n) is 12.1. The zero-order valence-corrected chi connectivity index (χ0v) is 29.4. The number of allylic oxidation sites excluding steroid dienone is 1. The summed E-state index contributed by atoms with van der Waals surface area (Å²) >= 11 is 0. The minimum absolute atomic E-state index is 0. The molecule has 0 aliphatic carbocycles. The maximum absolute atomic E-state index is 12.9. The van der Waals surface area contributed by atoms with E-state index in [4.69, 9.17) is 20.0 Å². The quantitative estimate of drug-likeness (QED) is 0.132. The molecule has 0 bridgehead atoms. The molecule has 0 radical (unpaired) electrons. The van der Waals surface area contributed by atoms with E-state index < -0.39 is 6.04 Å². The SMILES string of the molecule is C=CC=N/C(=C/c1[nH]c2ccc(-c3cccc(C[C@H](N)C(=O)N4CCCCN4)c3)cc2c1CC(C)(C)COC=O)[C@H](C)OC.C=O.CC.[HH].[HH]. The number of nitrogens with zero attached hydrogens (tertiary/aromatic N) is 2. The third-order valence-electron chi connectivity index (χ3n) is 7.94. The number of H-pyrrole nitrogens is 1. The molecule has 1 aliphatic heterocycles. The van der Waals surface area contributed by atoms with Crippen LogP contribution in [0.3, 0.4) is 0 Å². The Morgan fingerprint density at radius 2 is 1.90 bits per heavy atom. The highest BCUT2D eigenvalue weighted by molar-refractivity contribution is 5.91. The number of nitrogens with one attached hydrogen (secondary N) is 2. The van der Waals surface area contributed by atoms with E-state index in [0.717, 1.165) is 63.9 Å². The predicted molar refractivity (Wildman–Crippen MR) is 200 cm³/mol. The van der Waals surface area contributed by atoms with Crippen molar-refractivity contribution in [2.75, 3.05) is 26.8 Å². The van der Waals surface area contributed by atoms with Crippen LogP contribution < -0.4 is 11.2 Å². The van der Waals surface area contributed by atoms with Crippen molar-refractivity contribution in [2.24, 2.45) is 16.1 Å².